The second-order valence-corrected chi connectivity index (χ2v) is 7.54. The number of hydrogen-bond acceptors (Lipinski definition) is 5. The predicted octanol–water partition coefficient (Wildman–Crippen LogP) is 3.23. The van der Waals surface area contributed by atoms with Crippen molar-refractivity contribution in [3.05, 3.63) is 65.6 Å². The summed E-state index contributed by atoms with van der Waals surface area (Å²) < 4.78 is 24.8. The predicted molar refractivity (Wildman–Crippen MR) is 110 cm³/mol. The van der Waals surface area contributed by atoms with E-state index in [4.69, 9.17) is 9.47 Å². The van der Waals surface area contributed by atoms with Crippen LogP contribution in [0.5, 0.6) is 5.75 Å². The number of amides is 2. The Bertz CT molecular complexity index is 1010. The Morgan fingerprint density at radius 1 is 1.00 bits per heavy atom. The maximum absolute atomic E-state index is 13.8. The van der Waals surface area contributed by atoms with Gasteiger partial charge in [0.15, 0.2) is 0 Å². The molecule has 2 heterocycles. The van der Waals surface area contributed by atoms with Gasteiger partial charge in [-0.15, -0.1) is 0 Å². The second-order valence-electron chi connectivity index (χ2n) is 7.54. The molecule has 2 aromatic rings. The van der Waals surface area contributed by atoms with E-state index in [-0.39, 0.29) is 17.9 Å². The van der Waals surface area contributed by atoms with Gasteiger partial charge in [-0.2, -0.15) is 0 Å². The molecule has 0 spiro atoms. The SMILES string of the molecule is COc1ccc(C2=C(N3CC(C)OC(C)C3)C(=O)N(c3cccc(F)c3)C2=O)cc1. The van der Waals surface area contributed by atoms with Gasteiger partial charge in [-0.05, 0) is 49.7 Å². The minimum Gasteiger partial charge on any atom is -0.497 e. The lowest BCUT2D eigenvalue weighted by Gasteiger charge is -2.37. The molecule has 2 aromatic carbocycles. The lowest BCUT2D eigenvalue weighted by molar-refractivity contribution is -0.121. The number of benzene rings is 2. The summed E-state index contributed by atoms with van der Waals surface area (Å²) in [5, 5.41) is 0. The van der Waals surface area contributed by atoms with Crippen LogP contribution in [-0.4, -0.2) is 49.1 Å². The molecule has 0 aliphatic carbocycles. The first kappa shape index (κ1) is 20.1. The molecular formula is C23H23FN2O4. The topological polar surface area (TPSA) is 59.1 Å². The molecule has 0 bridgehead atoms. The van der Waals surface area contributed by atoms with E-state index < -0.39 is 17.6 Å². The van der Waals surface area contributed by atoms with Crippen molar-refractivity contribution in [2.75, 3.05) is 25.1 Å². The Morgan fingerprint density at radius 2 is 1.67 bits per heavy atom. The lowest BCUT2D eigenvalue weighted by atomic mass is 10.0. The van der Waals surface area contributed by atoms with E-state index in [1.165, 1.54) is 18.2 Å². The van der Waals surface area contributed by atoms with E-state index in [2.05, 4.69) is 0 Å². The molecule has 7 heteroatoms. The van der Waals surface area contributed by atoms with Crippen molar-refractivity contribution in [3.8, 4) is 5.75 Å². The number of methoxy groups -OCH3 is 1. The van der Waals surface area contributed by atoms with E-state index in [1.807, 2.05) is 18.7 Å². The van der Waals surface area contributed by atoms with Gasteiger partial charge in [0.05, 0.1) is 30.6 Å². The van der Waals surface area contributed by atoms with Crippen LogP contribution in [-0.2, 0) is 14.3 Å². The van der Waals surface area contributed by atoms with Crippen LogP contribution in [0, 0.1) is 5.82 Å². The highest BCUT2D eigenvalue weighted by Gasteiger charge is 2.44. The van der Waals surface area contributed by atoms with Crippen LogP contribution in [0.3, 0.4) is 0 Å². The maximum atomic E-state index is 13.8. The fraction of sp³-hybridized carbons (Fsp3) is 0.304. The third kappa shape index (κ3) is 3.57. The van der Waals surface area contributed by atoms with Gasteiger partial charge in [0.25, 0.3) is 11.8 Å². The molecule has 0 aromatic heterocycles. The van der Waals surface area contributed by atoms with Crippen molar-refractivity contribution in [1.29, 1.82) is 0 Å². The summed E-state index contributed by atoms with van der Waals surface area (Å²) in [6, 6.07) is 12.5. The minimum atomic E-state index is -0.513. The van der Waals surface area contributed by atoms with Gasteiger partial charge < -0.3 is 14.4 Å². The zero-order chi connectivity index (χ0) is 21.4. The third-order valence-corrected chi connectivity index (χ3v) is 5.24. The highest BCUT2D eigenvalue weighted by atomic mass is 19.1. The first-order chi connectivity index (χ1) is 14.4. The third-order valence-electron chi connectivity index (χ3n) is 5.24. The van der Waals surface area contributed by atoms with Gasteiger partial charge >= 0.3 is 0 Å². The largest absolute Gasteiger partial charge is 0.497 e. The maximum Gasteiger partial charge on any atom is 0.282 e. The molecule has 0 N–H and O–H groups in total. The monoisotopic (exact) mass is 410 g/mol. The van der Waals surface area contributed by atoms with Crippen molar-refractivity contribution in [1.82, 2.24) is 4.90 Å². The minimum absolute atomic E-state index is 0.0931. The zero-order valence-corrected chi connectivity index (χ0v) is 17.1. The molecule has 6 nitrogen and oxygen atoms in total. The van der Waals surface area contributed by atoms with Crippen LogP contribution in [0.15, 0.2) is 54.2 Å². The molecule has 4 rings (SSSR count). The zero-order valence-electron chi connectivity index (χ0n) is 17.1. The average Bonchev–Trinajstić information content (AvgIpc) is 2.97. The first-order valence-electron chi connectivity index (χ1n) is 9.82. The number of nitrogens with zero attached hydrogens (tertiary/aromatic N) is 2. The molecule has 156 valence electrons. The Kier molecular flexibility index (Phi) is 5.30. The normalized spacial score (nSPS) is 22.1. The number of halogens is 1. The van der Waals surface area contributed by atoms with Gasteiger partial charge in [0.1, 0.15) is 17.3 Å². The van der Waals surface area contributed by atoms with E-state index in [1.54, 1.807) is 37.4 Å². The molecule has 2 aliphatic rings. The molecule has 2 aliphatic heterocycles. The number of rotatable bonds is 4. The Morgan fingerprint density at radius 3 is 2.27 bits per heavy atom. The fourth-order valence-electron chi connectivity index (χ4n) is 4.04. The van der Waals surface area contributed by atoms with E-state index in [9.17, 15) is 14.0 Å². The highest BCUT2D eigenvalue weighted by Crippen LogP contribution is 2.36. The Balaban J connectivity index is 1.83. The summed E-state index contributed by atoms with van der Waals surface area (Å²) >= 11 is 0. The second kappa shape index (κ2) is 7.91. The van der Waals surface area contributed by atoms with Crippen LogP contribution in [0.25, 0.3) is 5.57 Å². The highest BCUT2D eigenvalue weighted by molar-refractivity contribution is 6.45. The summed E-state index contributed by atoms with van der Waals surface area (Å²) in [5.41, 5.74) is 1.43. The van der Waals surface area contributed by atoms with Crippen LogP contribution in [0.1, 0.15) is 19.4 Å². The first-order valence-corrected chi connectivity index (χ1v) is 9.82. The molecule has 2 amide bonds. The summed E-state index contributed by atoms with van der Waals surface area (Å²) in [4.78, 5) is 29.8. The van der Waals surface area contributed by atoms with E-state index >= 15 is 0 Å². The molecule has 1 saturated heterocycles. The van der Waals surface area contributed by atoms with Crippen LogP contribution in [0.4, 0.5) is 10.1 Å². The number of imide groups is 1. The van der Waals surface area contributed by atoms with Gasteiger partial charge in [-0.25, -0.2) is 9.29 Å². The summed E-state index contributed by atoms with van der Waals surface area (Å²) in [5.74, 6) is -0.801. The van der Waals surface area contributed by atoms with Gasteiger partial charge in [0, 0.05) is 13.1 Å². The van der Waals surface area contributed by atoms with Gasteiger partial charge in [-0.3, -0.25) is 9.59 Å². The van der Waals surface area contributed by atoms with Crippen molar-refractivity contribution in [2.24, 2.45) is 0 Å². The molecule has 0 radical (unpaired) electrons. The number of morpholine rings is 1. The van der Waals surface area contributed by atoms with Crippen molar-refractivity contribution < 1.29 is 23.5 Å². The van der Waals surface area contributed by atoms with E-state index in [0.29, 0.717) is 35.7 Å². The standard InChI is InChI=1S/C23H23FN2O4/c1-14-12-25(13-15(2)30-14)21-20(16-7-9-19(29-3)10-8-16)22(27)26(23(21)28)18-6-4-5-17(24)11-18/h4-11,14-15H,12-13H2,1-3H3. The van der Waals surface area contributed by atoms with Crippen LogP contribution >= 0.6 is 0 Å². The Hall–Kier alpha value is -3.19. The molecule has 2 unspecified atom stereocenters. The number of carbonyl (C=O) groups excluding carboxylic acids is 2. The van der Waals surface area contributed by atoms with Crippen molar-refractivity contribution in [2.45, 2.75) is 26.1 Å². The molecule has 1 fully saturated rings. The average molecular weight is 410 g/mol. The molecule has 0 saturated carbocycles. The van der Waals surface area contributed by atoms with Gasteiger partial charge in [-0.1, -0.05) is 18.2 Å². The smallest absolute Gasteiger partial charge is 0.282 e. The van der Waals surface area contributed by atoms with E-state index in [0.717, 1.165) is 4.90 Å². The summed E-state index contributed by atoms with van der Waals surface area (Å²) in [6.45, 7) is 4.83. The fourth-order valence-corrected chi connectivity index (χ4v) is 4.04. The number of hydrogen-bond donors (Lipinski definition) is 0. The van der Waals surface area contributed by atoms with Gasteiger partial charge in [0.2, 0.25) is 0 Å². The molecule has 2 atom stereocenters. The van der Waals surface area contributed by atoms with Crippen molar-refractivity contribution >= 4 is 23.1 Å². The van der Waals surface area contributed by atoms with Crippen LogP contribution < -0.4 is 9.64 Å². The number of anilines is 1. The van der Waals surface area contributed by atoms with Crippen LogP contribution in [0.2, 0.25) is 0 Å². The molecular weight excluding hydrogens is 387 g/mol. The summed E-state index contributed by atoms with van der Waals surface area (Å²) in [7, 11) is 1.56. The lowest BCUT2D eigenvalue weighted by Crippen LogP contribution is -2.47. The Labute approximate surface area is 174 Å². The number of carbonyl (C=O) groups is 2. The van der Waals surface area contributed by atoms with Crippen molar-refractivity contribution in [3.63, 3.8) is 0 Å². The number of ether oxygens (including phenoxy) is 2. The quantitative estimate of drug-likeness (QED) is 0.725. The molecule has 30 heavy (non-hydrogen) atoms. The summed E-state index contributed by atoms with van der Waals surface area (Å²) in [6.07, 6.45) is -0.186.